The molecule has 0 spiro atoms. The van der Waals surface area contributed by atoms with Gasteiger partial charge in [-0.25, -0.2) is 0 Å². The summed E-state index contributed by atoms with van der Waals surface area (Å²) in [5, 5.41) is 23.1. The van der Waals surface area contributed by atoms with Crippen LogP contribution in [-0.4, -0.2) is 34.4 Å². The Morgan fingerprint density at radius 3 is 2.77 bits per heavy atom. The number of para-hydroxylation sites is 2. The molecular weight excluding hydrogens is 346 g/mol. The number of phenols is 1. The van der Waals surface area contributed by atoms with E-state index in [0.29, 0.717) is 29.5 Å². The molecule has 0 amide bonds. The monoisotopic (exact) mass is 367 g/mol. The van der Waals surface area contributed by atoms with E-state index in [1.165, 1.54) is 0 Å². The summed E-state index contributed by atoms with van der Waals surface area (Å²) >= 11 is 5.61. The highest BCUT2D eigenvalue weighted by Crippen LogP contribution is 2.22. The van der Waals surface area contributed by atoms with Crippen LogP contribution in [0.4, 0.5) is 5.69 Å². The smallest absolute Gasteiger partial charge is 0.173 e. The first-order valence-electron chi connectivity index (χ1n) is 8.61. The second kappa shape index (κ2) is 8.65. The van der Waals surface area contributed by atoms with E-state index in [9.17, 15) is 10.4 Å². The Labute approximate surface area is 158 Å². The summed E-state index contributed by atoms with van der Waals surface area (Å²) in [5.41, 5.74) is 2.01. The van der Waals surface area contributed by atoms with Crippen LogP contribution in [0, 0.1) is 11.3 Å². The van der Waals surface area contributed by atoms with Crippen molar-refractivity contribution in [3.8, 4) is 11.8 Å². The third kappa shape index (κ3) is 4.51. The number of ether oxygens (including phenoxy) is 1. The number of rotatable bonds is 5. The van der Waals surface area contributed by atoms with E-state index in [4.69, 9.17) is 17.0 Å². The lowest BCUT2D eigenvalue weighted by molar-refractivity contribution is 0.0904. The molecule has 2 aromatic carbocycles. The molecule has 1 atom stereocenters. The van der Waals surface area contributed by atoms with Gasteiger partial charge in [0.15, 0.2) is 5.11 Å². The zero-order chi connectivity index (χ0) is 18.4. The topological polar surface area (TPSA) is 68.5 Å². The zero-order valence-corrected chi connectivity index (χ0v) is 15.2. The van der Waals surface area contributed by atoms with Crippen LogP contribution in [0.25, 0.3) is 0 Å². The Kier molecular flexibility index (Phi) is 6.05. The number of benzene rings is 2. The molecule has 1 aliphatic rings. The fraction of sp³-hybridized carbons (Fsp3) is 0.300. The van der Waals surface area contributed by atoms with Crippen LogP contribution in [0.2, 0.25) is 0 Å². The maximum absolute atomic E-state index is 10.1. The minimum Gasteiger partial charge on any atom is -0.508 e. The number of anilines is 1. The number of nitrogens with zero attached hydrogens (tertiary/aromatic N) is 2. The van der Waals surface area contributed by atoms with E-state index in [2.05, 4.69) is 11.4 Å². The van der Waals surface area contributed by atoms with Crippen LogP contribution in [0.1, 0.15) is 24.0 Å². The first-order chi connectivity index (χ1) is 12.7. The number of nitriles is 1. The molecule has 134 valence electrons. The Balaban J connectivity index is 1.78. The highest BCUT2D eigenvalue weighted by molar-refractivity contribution is 7.80. The number of hydrogen-bond donors (Lipinski definition) is 2. The van der Waals surface area contributed by atoms with Crippen LogP contribution in [0.3, 0.4) is 0 Å². The van der Waals surface area contributed by atoms with E-state index in [-0.39, 0.29) is 11.9 Å². The van der Waals surface area contributed by atoms with Gasteiger partial charge in [0.2, 0.25) is 0 Å². The van der Waals surface area contributed by atoms with Gasteiger partial charge in [-0.3, -0.25) is 0 Å². The standard InChI is InChI=1S/C20H21N3O2S/c21-12-15-6-1-3-9-18(15)22-20(26)23(14-17-8-5-11-25-17)13-16-7-2-4-10-19(16)24/h1-4,6-7,9-10,17,24H,5,8,11,13-14H2,(H,22,26). The molecule has 0 saturated carbocycles. The van der Waals surface area contributed by atoms with Gasteiger partial charge in [0.05, 0.1) is 17.4 Å². The number of phenolic OH excluding ortho intramolecular Hbond substituents is 1. The lowest BCUT2D eigenvalue weighted by Crippen LogP contribution is -2.39. The molecule has 0 aromatic heterocycles. The van der Waals surface area contributed by atoms with Crippen LogP contribution in [0.15, 0.2) is 48.5 Å². The molecule has 2 aromatic rings. The van der Waals surface area contributed by atoms with E-state index < -0.39 is 0 Å². The van der Waals surface area contributed by atoms with Crippen molar-refractivity contribution in [2.45, 2.75) is 25.5 Å². The minimum atomic E-state index is 0.117. The molecule has 1 aliphatic heterocycles. The summed E-state index contributed by atoms with van der Waals surface area (Å²) in [7, 11) is 0. The second-order valence-electron chi connectivity index (χ2n) is 6.23. The second-order valence-corrected chi connectivity index (χ2v) is 6.62. The Morgan fingerprint density at radius 1 is 1.27 bits per heavy atom. The highest BCUT2D eigenvalue weighted by Gasteiger charge is 2.22. The summed E-state index contributed by atoms with van der Waals surface area (Å²) in [4.78, 5) is 1.98. The van der Waals surface area contributed by atoms with Gasteiger partial charge in [-0.1, -0.05) is 30.3 Å². The fourth-order valence-electron chi connectivity index (χ4n) is 2.99. The van der Waals surface area contributed by atoms with Crippen molar-refractivity contribution < 1.29 is 9.84 Å². The lowest BCUT2D eigenvalue weighted by atomic mass is 10.1. The Bertz CT molecular complexity index is 813. The predicted molar refractivity (Wildman–Crippen MR) is 105 cm³/mol. The zero-order valence-electron chi connectivity index (χ0n) is 14.4. The summed E-state index contributed by atoms with van der Waals surface area (Å²) in [6, 6.07) is 16.7. The molecule has 0 radical (unpaired) electrons. The van der Waals surface area contributed by atoms with Gasteiger partial charge in [-0.05, 0) is 43.3 Å². The van der Waals surface area contributed by atoms with Gasteiger partial charge in [0, 0.05) is 25.3 Å². The molecule has 0 bridgehead atoms. The average molecular weight is 367 g/mol. The third-order valence-corrected chi connectivity index (χ3v) is 4.74. The highest BCUT2D eigenvalue weighted by atomic mass is 32.1. The summed E-state index contributed by atoms with van der Waals surface area (Å²) < 4.78 is 5.75. The summed E-state index contributed by atoms with van der Waals surface area (Å²) in [5.74, 6) is 0.241. The molecule has 1 saturated heterocycles. The molecule has 5 nitrogen and oxygen atoms in total. The predicted octanol–water partition coefficient (Wildman–Crippen LogP) is 3.64. The van der Waals surface area contributed by atoms with E-state index in [0.717, 1.165) is 25.0 Å². The van der Waals surface area contributed by atoms with Crippen molar-refractivity contribution in [1.82, 2.24) is 4.90 Å². The van der Waals surface area contributed by atoms with Gasteiger partial charge in [0.1, 0.15) is 11.8 Å². The first kappa shape index (κ1) is 18.2. The van der Waals surface area contributed by atoms with Gasteiger partial charge in [-0.2, -0.15) is 5.26 Å². The molecule has 2 N–H and O–H groups in total. The minimum absolute atomic E-state index is 0.117. The van der Waals surface area contributed by atoms with Crippen LogP contribution < -0.4 is 5.32 Å². The van der Waals surface area contributed by atoms with Crippen molar-refractivity contribution in [2.75, 3.05) is 18.5 Å². The molecule has 1 unspecified atom stereocenters. The normalized spacial score (nSPS) is 16.0. The molecular formula is C20H21N3O2S. The molecule has 6 heteroatoms. The SMILES string of the molecule is N#Cc1ccccc1NC(=S)N(Cc1ccccc1O)CC1CCCO1. The van der Waals surface area contributed by atoms with Gasteiger partial charge < -0.3 is 20.1 Å². The van der Waals surface area contributed by atoms with Gasteiger partial charge >= 0.3 is 0 Å². The maximum atomic E-state index is 10.1. The Morgan fingerprint density at radius 2 is 2.04 bits per heavy atom. The lowest BCUT2D eigenvalue weighted by Gasteiger charge is -2.28. The fourth-order valence-corrected chi connectivity index (χ4v) is 3.24. The van der Waals surface area contributed by atoms with Crippen LogP contribution >= 0.6 is 12.2 Å². The molecule has 3 rings (SSSR count). The third-order valence-electron chi connectivity index (χ3n) is 4.38. The summed E-state index contributed by atoms with van der Waals surface area (Å²) in [6.07, 6.45) is 2.16. The first-order valence-corrected chi connectivity index (χ1v) is 9.01. The number of hydrogen-bond acceptors (Lipinski definition) is 4. The quantitative estimate of drug-likeness (QED) is 0.787. The number of nitrogens with one attached hydrogen (secondary N) is 1. The van der Waals surface area contributed by atoms with Crippen molar-refractivity contribution in [2.24, 2.45) is 0 Å². The van der Waals surface area contributed by atoms with Crippen LogP contribution in [0.5, 0.6) is 5.75 Å². The van der Waals surface area contributed by atoms with Crippen molar-refractivity contribution in [3.05, 3.63) is 59.7 Å². The maximum Gasteiger partial charge on any atom is 0.173 e. The van der Waals surface area contributed by atoms with E-state index >= 15 is 0 Å². The number of thiocarbonyl (C=S) groups is 1. The number of aromatic hydroxyl groups is 1. The van der Waals surface area contributed by atoms with Crippen molar-refractivity contribution in [3.63, 3.8) is 0 Å². The summed E-state index contributed by atoms with van der Waals surface area (Å²) in [6.45, 7) is 1.87. The van der Waals surface area contributed by atoms with Crippen LogP contribution in [-0.2, 0) is 11.3 Å². The van der Waals surface area contributed by atoms with E-state index in [1.54, 1.807) is 18.2 Å². The molecule has 26 heavy (non-hydrogen) atoms. The van der Waals surface area contributed by atoms with Gasteiger partial charge in [-0.15, -0.1) is 0 Å². The molecule has 0 aliphatic carbocycles. The van der Waals surface area contributed by atoms with Gasteiger partial charge in [0.25, 0.3) is 0 Å². The average Bonchev–Trinajstić information content (AvgIpc) is 3.16. The van der Waals surface area contributed by atoms with Crippen molar-refractivity contribution in [1.29, 1.82) is 5.26 Å². The largest absolute Gasteiger partial charge is 0.508 e. The molecule has 1 fully saturated rings. The van der Waals surface area contributed by atoms with Crippen molar-refractivity contribution >= 4 is 23.0 Å². The molecule has 1 heterocycles. The Hall–Kier alpha value is -2.62. The van der Waals surface area contributed by atoms with E-state index in [1.807, 2.05) is 35.2 Å².